The number of rotatable bonds is 6. The molecule has 1 unspecified atom stereocenters. The van der Waals surface area contributed by atoms with Crippen molar-refractivity contribution in [3.05, 3.63) is 29.8 Å². The molecule has 4 heteroatoms. The average molecular weight is 305 g/mol. The Morgan fingerprint density at radius 2 is 2.00 bits per heavy atom. The zero-order chi connectivity index (χ0) is 15.2. The maximum absolute atomic E-state index is 5.90. The molecule has 0 saturated carbocycles. The fourth-order valence-electron chi connectivity index (χ4n) is 3.37. The monoisotopic (exact) mass is 305 g/mol. The lowest BCUT2D eigenvalue weighted by molar-refractivity contribution is -0.109. The minimum absolute atomic E-state index is 0.0161. The van der Waals surface area contributed by atoms with E-state index < -0.39 is 0 Å². The molecular formula is C18H27NO3. The minimum atomic E-state index is -0.0161. The highest BCUT2D eigenvalue weighted by atomic mass is 16.7. The number of ether oxygens (including phenoxy) is 3. The van der Waals surface area contributed by atoms with Crippen LogP contribution in [-0.2, 0) is 9.47 Å². The molecule has 3 rings (SSSR count). The second-order valence-electron chi connectivity index (χ2n) is 6.18. The van der Waals surface area contributed by atoms with Gasteiger partial charge in [0, 0.05) is 6.54 Å². The molecule has 2 fully saturated rings. The van der Waals surface area contributed by atoms with E-state index in [0.717, 1.165) is 45.1 Å². The van der Waals surface area contributed by atoms with Crippen molar-refractivity contribution < 1.29 is 14.2 Å². The molecule has 122 valence electrons. The highest BCUT2D eigenvalue weighted by Crippen LogP contribution is 2.24. The molecular weight excluding hydrogens is 278 g/mol. The predicted molar refractivity (Wildman–Crippen MR) is 86.2 cm³/mol. The Morgan fingerprint density at radius 3 is 2.82 bits per heavy atom. The Balaban J connectivity index is 1.44. The zero-order valence-electron chi connectivity index (χ0n) is 13.5. The first-order chi connectivity index (χ1) is 10.8. The van der Waals surface area contributed by atoms with Crippen LogP contribution in [-0.4, -0.2) is 50.1 Å². The lowest BCUT2D eigenvalue weighted by Gasteiger charge is -2.37. The van der Waals surface area contributed by atoms with Gasteiger partial charge in [0.1, 0.15) is 5.75 Å². The standard InChI is InChI=1S/C18H27NO3/c1-15-7-2-3-9-17(15)20-12-6-11-19-10-5-4-8-16(19)18-21-13-14-22-18/h2-3,7,9,16,18H,4-6,8,10-14H2,1H3. The van der Waals surface area contributed by atoms with E-state index in [4.69, 9.17) is 14.2 Å². The molecule has 0 amide bonds. The van der Waals surface area contributed by atoms with E-state index in [1.54, 1.807) is 0 Å². The van der Waals surface area contributed by atoms with Crippen LogP contribution < -0.4 is 4.74 Å². The first-order valence-corrected chi connectivity index (χ1v) is 8.50. The van der Waals surface area contributed by atoms with Crippen molar-refractivity contribution in [2.24, 2.45) is 0 Å². The van der Waals surface area contributed by atoms with Crippen molar-refractivity contribution in [3.8, 4) is 5.75 Å². The molecule has 0 spiro atoms. The van der Waals surface area contributed by atoms with Gasteiger partial charge in [-0.05, 0) is 44.4 Å². The van der Waals surface area contributed by atoms with E-state index >= 15 is 0 Å². The summed E-state index contributed by atoms with van der Waals surface area (Å²) in [4.78, 5) is 2.53. The summed E-state index contributed by atoms with van der Waals surface area (Å²) >= 11 is 0. The predicted octanol–water partition coefficient (Wildman–Crippen LogP) is 2.99. The molecule has 2 saturated heterocycles. The lowest BCUT2D eigenvalue weighted by atomic mass is 10.0. The molecule has 1 aromatic rings. The normalized spacial score (nSPS) is 23.8. The molecule has 0 aliphatic carbocycles. The highest BCUT2D eigenvalue weighted by Gasteiger charge is 2.33. The average Bonchev–Trinajstić information content (AvgIpc) is 3.08. The zero-order valence-corrected chi connectivity index (χ0v) is 13.5. The maximum atomic E-state index is 5.90. The molecule has 1 aromatic carbocycles. The molecule has 22 heavy (non-hydrogen) atoms. The minimum Gasteiger partial charge on any atom is -0.493 e. The van der Waals surface area contributed by atoms with Gasteiger partial charge < -0.3 is 14.2 Å². The van der Waals surface area contributed by atoms with Crippen LogP contribution >= 0.6 is 0 Å². The van der Waals surface area contributed by atoms with Crippen LogP contribution in [0.25, 0.3) is 0 Å². The van der Waals surface area contributed by atoms with Crippen molar-refractivity contribution in [1.82, 2.24) is 4.90 Å². The molecule has 0 bridgehead atoms. The van der Waals surface area contributed by atoms with Gasteiger partial charge in [-0.2, -0.15) is 0 Å². The second-order valence-corrected chi connectivity index (χ2v) is 6.18. The van der Waals surface area contributed by atoms with E-state index in [2.05, 4.69) is 17.9 Å². The number of piperidine rings is 1. The van der Waals surface area contributed by atoms with E-state index in [0.29, 0.717) is 6.04 Å². The third kappa shape index (κ3) is 4.00. The van der Waals surface area contributed by atoms with Gasteiger partial charge in [-0.15, -0.1) is 0 Å². The summed E-state index contributed by atoms with van der Waals surface area (Å²) in [5, 5.41) is 0. The first kappa shape index (κ1) is 15.8. The summed E-state index contributed by atoms with van der Waals surface area (Å²) in [7, 11) is 0. The fourth-order valence-corrected chi connectivity index (χ4v) is 3.37. The fraction of sp³-hybridized carbons (Fsp3) is 0.667. The Kier molecular flexibility index (Phi) is 5.70. The quantitative estimate of drug-likeness (QED) is 0.756. The van der Waals surface area contributed by atoms with Crippen LogP contribution in [0.4, 0.5) is 0 Å². The number of hydrogen-bond acceptors (Lipinski definition) is 4. The van der Waals surface area contributed by atoms with Crippen molar-refractivity contribution >= 4 is 0 Å². The van der Waals surface area contributed by atoms with Gasteiger partial charge in [-0.3, -0.25) is 4.90 Å². The molecule has 2 heterocycles. The maximum Gasteiger partial charge on any atom is 0.173 e. The lowest BCUT2D eigenvalue weighted by Crippen LogP contribution is -2.47. The summed E-state index contributed by atoms with van der Waals surface area (Å²) in [6, 6.07) is 8.62. The van der Waals surface area contributed by atoms with Gasteiger partial charge >= 0.3 is 0 Å². The van der Waals surface area contributed by atoms with Gasteiger partial charge in [-0.25, -0.2) is 0 Å². The molecule has 0 N–H and O–H groups in total. The van der Waals surface area contributed by atoms with Gasteiger partial charge in [0.2, 0.25) is 0 Å². The largest absolute Gasteiger partial charge is 0.493 e. The Labute approximate surface area is 133 Å². The molecule has 0 aromatic heterocycles. The summed E-state index contributed by atoms with van der Waals surface area (Å²) in [5.41, 5.74) is 1.20. The molecule has 2 aliphatic rings. The summed E-state index contributed by atoms with van der Waals surface area (Å²) in [6.07, 6.45) is 4.77. The van der Waals surface area contributed by atoms with E-state index in [-0.39, 0.29) is 6.29 Å². The van der Waals surface area contributed by atoms with Crippen molar-refractivity contribution in [2.75, 3.05) is 32.9 Å². The van der Waals surface area contributed by atoms with Crippen LogP contribution in [0.2, 0.25) is 0 Å². The molecule has 1 atom stereocenters. The number of hydrogen-bond donors (Lipinski definition) is 0. The van der Waals surface area contributed by atoms with E-state index in [9.17, 15) is 0 Å². The van der Waals surface area contributed by atoms with Crippen LogP contribution in [0.15, 0.2) is 24.3 Å². The number of para-hydroxylation sites is 1. The molecule has 4 nitrogen and oxygen atoms in total. The number of benzene rings is 1. The topological polar surface area (TPSA) is 30.9 Å². The van der Waals surface area contributed by atoms with Gasteiger partial charge in [0.15, 0.2) is 6.29 Å². The summed E-state index contributed by atoms with van der Waals surface area (Å²) in [6.45, 7) is 6.54. The van der Waals surface area contributed by atoms with E-state index in [1.807, 2.05) is 18.2 Å². The van der Waals surface area contributed by atoms with Crippen LogP contribution in [0.5, 0.6) is 5.75 Å². The van der Waals surface area contributed by atoms with Crippen molar-refractivity contribution in [1.29, 1.82) is 0 Å². The highest BCUT2D eigenvalue weighted by molar-refractivity contribution is 5.31. The van der Waals surface area contributed by atoms with Gasteiger partial charge in [0.25, 0.3) is 0 Å². The number of likely N-dealkylation sites (tertiary alicyclic amines) is 1. The summed E-state index contributed by atoms with van der Waals surface area (Å²) in [5.74, 6) is 1.00. The van der Waals surface area contributed by atoms with Crippen LogP contribution in [0.3, 0.4) is 0 Å². The Bertz CT molecular complexity index is 459. The smallest absolute Gasteiger partial charge is 0.173 e. The van der Waals surface area contributed by atoms with Gasteiger partial charge in [0.05, 0.1) is 25.9 Å². The van der Waals surface area contributed by atoms with E-state index in [1.165, 1.54) is 24.8 Å². The Morgan fingerprint density at radius 1 is 1.18 bits per heavy atom. The number of aryl methyl sites for hydroxylation is 1. The summed E-state index contributed by atoms with van der Waals surface area (Å²) < 4.78 is 17.3. The first-order valence-electron chi connectivity index (χ1n) is 8.50. The number of nitrogens with zero attached hydrogens (tertiary/aromatic N) is 1. The Hall–Kier alpha value is -1.10. The SMILES string of the molecule is Cc1ccccc1OCCCN1CCCCC1C1OCCO1. The van der Waals surface area contributed by atoms with Crippen molar-refractivity contribution in [3.63, 3.8) is 0 Å². The van der Waals surface area contributed by atoms with Crippen LogP contribution in [0.1, 0.15) is 31.2 Å². The second kappa shape index (κ2) is 7.95. The third-order valence-corrected chi connectivity index (χ3v) is 4.57. The molecule has 0 radical (unpaired) electrons. The molecule has 2 aliphatic heterocycles. The van der Waals surface area contributed by atoms with Crippen LogP contribution in [0, 0.1) is 6.92 Å². The van der Waals surface area contributed by atoms with Crippen molar-refractivity contribution in [2.45, 2.75) is 44.9 Å². The third-order valence-electron chi connectivity index (χ3n) is 4.57. The van der Waals surface area contributed by atoms with Gasteiger partial charge in [-0.1, -0.05) is 24.6 Å².